The number of ether oxygens (including phenoxy) is 2. The first-order chi connectivity index (χ1) is 17.2. The number of unbranched alkanes of at least 4 members (excludes halogenated alkanes) is 2. The van der Waals surface area contributed by atoms with Gasteiger partial charge in [0.1, 0.15) is 18.1 Å². The molecule has 1 aliphatic heterocycles. The highest BCUT2D eigenvalue weighted by Crippen LogP contribution is 2.38. The van der Waals surface area contributed by atoms with Crippen molar-refractivity contribution in [2.75, 3.05) is 20.3 Å². The van der Waals surface area contributed by atoms with E-state index >= 15 is 0 Å². The van der Waals surface area contributed by atoms with Crippen molar-refractivity contribution in [3.8, 4) is 5.75 Å². The number of nitrogens with zero attached hydrogens (tertiary/aromatic N) is 2. The number of esters is 1. The Labute approximate surface area is 207 Å². The quantitative estimate of drug-likeness (QED) is 0.374. The van der Waals surface area contributed by atoms with Gasteiger partial charge in [0.05, 0.1) is 12.7 Å². The smallest absolute Gasteiger partial charge is 0.433 e. The SMILES string of the molecule is COc1ccccc1COC(=O)C1=C(C)N(CCCCCO)C(=O)C[C@@H]1c1ccc(C(F)(F)F)nc1. The number of rotatable bonds is 10. The van der Waals surface area contributed by atoms with Crippen LogP contribution in [0.25, 0.3) is 0 Å². The zero-order valence-corrected chi connectivity index (χ0v) is 20.2. The van der Waals surface area contributed by atoms with Gasteiger partial charge < -0.3 is 19.5 Å². The van der Waals surface area contributed by atoms with E-state index in [1.807, 2.05) is 0 Å². The molecule has 7 nitrogen and oxygen atoms in total. The molecule has 1 N–H and O–H groups in total. The normalized spacial score (nSPS) is 16.3. The van der Waals surface area contributed by atoms with Gasteiger partial charge in [-0.15, -0.1) is 0 Å². The molecule has 1 aliphatic rings. The lowest BCUT2D eigenvalue weighted by Crippen LogP contribution is -2.39. The van der Waals surface area contributed by atoms with E-state index in [1.165, 1.54) is 18.1 Å². The number of carbonyl (C=O) groups excluding carboxylic acids is 2. The van der Waals surface area contributed by atoms with Crippen LogP contribution in [-0.4, -0.2) is 47.1 Å². The highest BCUT2D eigenvalue weighted by Gasteiger charge is 2.38. The summed E-state index contributed by atoms with van der Waals surface area (Å²) >= 11 is 0. The average molecular weight is 507 g/mol. The van der Waals surface area contributed by atoms with Crippen LogP contribution in [0.4, 0.5) is 13.2 Å². The number of aromatic nitrogens is 1. The number of para-hydroxylation sites is 1. The number of methoxy groups -OCH3 is 1. The summed E-state index contributed by atoms with van der Waals surface area (Å²) in [4.78, 5) is 31.3. The minimum atomic E-state index is -4.60. The molecule has 0 saturated heterocycles. The van der Waals surface area contributed by atoms with E-state index in [0.29, 0.717) is 48.4 Å². The summed E-state index contributed by atoms with van der Waals surface area (Å²) in [6, 6.07) is 9.13. The van der Waals surface area contributed by atoms with Crippen LogP contribution in [0, 0.1) is 0 Å². The largest absolute Gasteiger partial charge is 0.496 e. The first-order valence-electron chi connectivity index (χ1n) is 11.6. The Hall–Kier alpha value is -3.40. The standard InChI is InChI=1S/C26H29F3N2O5/c1-17-24(25(34)36-16-19-8-4-5-9-21(19)35-2)20(14-23(33)31(17)12-6-3-7-13-32)18-10-11-22(30-15-18)26(27,28)29/h4-5,8-11,15,20,32H,3,6-7,12-14,16H2,1-2H3/t20-/m1/s1. The van der Waals surface area contributed by atoms with E-state index in [0.717, 1.165) is 12.3 Å². The van der Waals surface area contributed by atoms with Crippen molar-refractivity contribution in [1.82, 2.24) is 9.88 Å². The monoisotopic (exact) mass is 506 g/mol. The highest BCUT2D eigenvalue weighted by atomic mass is 19.4. The number of amides is 1. The molecule has 36 heavy (non-hydrogen) atoms. The Morgan fingerprint density at radius 2 is 1.92 bits per heavy atom. The molecule has 1 aromatic heterocycles. The lowest BCUT2D eigenvalue weighted by molar-refractivity contribution is -0.142. The molecule has 0 fully saturated rings. The molecule has 0 unspecified atom stereocenters. The van der Waals surface area contributed by atoms with Gasteiger partial charge >= 0.3 is 12.1 Å². The van der Waals surface area contributed by atoms with E-state index in [1.54, 1.807) is 31.2 Å². The first-order valence-corrected chi connectivity index (χ1v) is 11.6. The van der Waals surface area contributed by atoms with E-state index in [9.17, 15) is 22.8 Å². The zero-order chi connectivity index (χ0) is 26.3. The number of benzene rings is 1. The van der Waals surface area contributed by atoms with E-state index in [-0.39, 0.29) is 31.1 Å². The van der Waals surface area contributed by atoms with Gasteiger partial charge in [0, 0.05) is 42.9 Å². The maximum atomic E-state index is 13.3. The fraction of sp³-hybridized carbons (Fsp3) is 0.423. The molecule has 0 spiro atoms. The van der Waals surface area contributed by atoms with Crippen LogP contribution in [-0.2, 0) is 27.1 Å². The van der Waals surface area contributed by atoms with E-state index in [2.05, 4.69) is 4.98 Å². The number of pyridine rings is 1. The third kappa shape index (κ3) is 6.42. The van der Waals surface area contributed by atoms with Gasteiger partial charge in [-0.1, -0.05) is 24.3 Å². The Morgan fingerprint density at radius 1 is 1.17 bits per heavy atom. The summed E-state index contributed by atoms with van der Waals surface area (Å²) in [6.45, 7) is 1.95. The fourth-order valence-corrected chi connectivity index (χ4v) is 4.22. The molecule has 2 aromatic rings. The molecule has 1 atom stereocenters. The Balaban J connectivity index is 1.92. The molecule has 194 valence electrons. The number of hydrogen-bond donors (Lipinski definition) is 1. The second-order valence-corrected chi connectivity index (χ2v) is 8.45. The number of aliphatic hydroxyl groups is 1. The summed E-state index contributed by atoms with van der Waals surface area (Å²) in [6.07, 6.45) is -1.73. The average Bonchev–Trinajstić information content (AvgIpc) is 2.86. The van der Waals surface area contributed by atoms with Crippen molar-refractivity contribution in [1.29, 1.82) is 0 Å². The molecule has 1 aromatic carbocycles. The van der Waals surface area contributed by atoms with Crippen molar-refractivity contribution >= 4 is 11.9 Å². The van der Waals surface area contributed by atoms with Crippen LogP contribution in [0.5, 0.6) is 5.75 Å². The molecule has 2 heterocycles. The topological polar surface area (TPSA) is 89.0 Å². The number of allylic oxidation sites excluding steroid dienone is 1. The van der Waals surface area contributed by atoms with Crippen LogP contribution in [0.3, 0.4) is 0 Å². The van der Waals surface area contributed by atoms with E-state index in [4.69, 9.17) is 14.6 Å². The maximum absolute atomic E-state index is 13.3. The molecule has 0 radical (unpaired) electrons. The molecular weight excluding hydrogens is 477 g/mol. The molecular formula is C26H29F3N2O5. The van der Waals surface area contributed by atoms with Gasteiger partial charge in [0.15, 0.2) is 0 Å². The van der Waals surface area contributed by atoms with Crippen LogP contribution in [0.1, 0.15) is 55.3 Å². The third-order valence-corrected chi connectivity index (χ3v) is 6.11. The van der Waals surface area contributed by atoms with Gasteiger partial charge in [0.25, 0.3) is 0 Å². The van der Waals surface area contributed by atoms with Gasteiger partial charge in [-0.25, -0.2) is 4.79 Å². The summed E-state index contributed by atoms with van der Waals surface area (Å²) in [5.41, 5.74) is 0.505. The van der Waals surface area contributed by atoms with Gasteiger partial charge in [-0.3, -0.25) is 9.78 Å². The number of aliphatic hydroxyl groups excluding tert-OH is 1. The number of hydrogen-bond acceptors (Lipinski definition) is 6. The Bertz CT molecular complexity index is 1100. The third-order valence-electron chi connectivity index (χ3n) is 6.11. The fourth-order valence-electron chi connectivity index (χ4n) is 4.22. The van der Waals surface area contributed by atoms with Crippen LogP contribution in [0.2, 0.25) is 0 Å². The molecule has 0 aliphatic carbocycles. The van der Waals surface area contributed by atoms with Crippen molar-refractivity contribution in [2.24, 2.45) is 0 Å². The van der Waals surface area contributed by atoms with Crippen molar-refractivity contribution < 1.29 is 37.3 Å². The predicted octanol–water partition coefficient (Wildman–Crippen LogP) is 4.60. The highest BCUT2D eigenvalue weighted by molar-refractivity contribution is 5.95. The maximum Gasteiger partial charge on any atom is 0.433 e. The summed E-state index contributed by atoms with van der Waals surface area (Å²) in [7, 11) is 1.50. The van der Waals surface area contributed by atoms with Gasteiger partial charge in [-0.05, 0) is 43.9 Å². The Kier molecular flexibility index (Phi) is 9.08. The molecule has 1 amide bonds. The predicted molar refractivity (Wildman–Crippen MR) is 125 cm³/mol. The zero-order valence-electron chi connectivity index (χ0n) is 20.2. The van der Waals surface area contributed by atoms with Gasteiger partial charge in [-0.2, -0.15) is 13.2 Å². The molecule has 3 rings (SSSR count). The van der Waals surface area contributed by atoms with Gasteiger partial charge in [0.2, 0.25) is 5.91 Å². The van der Waals surface area contributed by atoms with Crippen LogP contribution in [0.15, 0.2) is 53.9 Å². The lowest BCUT2D eigenvalue weighted by Gasteiger charge is -2.34. The summed E-state index contributed by atoms with van der Waals surface area (Å²) in [5.74, 6) is -1.17. The van der Waals surface area contributed by atoms with Crippen LogP contribution >= 0.6 is 0 Å². The van der Waals surface area contributed by atoms with Crippen molar-refractivity contribution in [3.05, 3.63) is 70.7 Å². The molecule has 0 saturated carbocycles. The number of carbonyl (C=O) groups is 2. The second-order valence-electron chi connectivity index (χ2n) is 8.45. The Morgan fingerprint density at radius 3 is 2.56 bits per heavy atom. The van der Waals surface area contributed by atoms with Crippen molar-refractivity contribution in [2.45, 2.75) is 51.3 Å². The van der Waals surface area contributed by atoms with E-state index < -0.39 is 23.8 Å². The number of alkyl halides is 3. The number of halogens is 3. The summed E-state index contributed by atoms with van der Waals surface area (Å²) < 4.78 is 49.9. The first kappa shape index (κ1) is 27.2. The summed E-state index contributed by atoms with van der Waals surface area (Å²) in [5, 5.41) is 9.01. The molecule has 0 bridgehead atoms. The minimum absolute atomic E-state index is 0.0479. The lowest BCUT2D eigenvalue weighted by atomic mass is 9.84. The van der Waals surface area contributed by atoms with Crippen LogP contribution < -0.4 is 4.74 Å². The minimum Gasteiger partial charge on any atom is -0.496 e. The van der Waals surface area contributed by atoms with Crippen molar-refractivity contribution in [3.63, 3.8) is 0 Å². The molecule has 10 heteroatoms. The second kappa shape index (κ2) is 12.0.